The first-order valence-corrected chi connectivity index (χ1v) is 9.30. The predicted molar refractivity (Wildman–Crippen MR) is 96.2 cm³/mol. The summed E-state index contributed by atoms with van der Waals surface area (Å²) in [6.45, 7) is 0.940. The van der Waals surface area contributed by atoms with E-state index in [4.69, 9.17) is 14.2 Å². The van der Waals surface area contributed by atoms with Crippen molar-refractivity contribution in [2.75, 3.05) is 27.4 Å². The van der Waals surface area contributed by atoms with Gasteiger partial charge < -0.3 is 19.1 Å². The molecule has 0 radical (unpaired) electrons. The molecule has 6 nitrogen and oxygen atoms in total. The first-order chi connectivity index (χ1) is 12.6. The van der Waals surface area contributed by atoms with Gasteiger partial charge in [0.25, 0.3) is 5.91 Å². The summed E-state index contributed by atoms with van der Waals surface area (Å²) in [5.41, 5.74) is 2.20. The van der Waals surface area contributed by atoms with Crippen molar-refractivity contribution in [2.24, 2.45) is 5.92 Å². The van der Waals surface area contributed by atoms with Crippen molar-refractivity contribution in [3.8, 4) is 11.5 Å². The average Bonchev–Trinajstić information content (AvgIpc) is 2.70. The molecule has 0 unspecified atom stereocenters. The topological polar surface area (TPSA) is 65.1 Å². The number of ether oxygens (including phenoxy) is 3. The van der Waals surface area contributed by atoms with Crippen LogP contribution in [0.3, 0.4) is 0 Å². The molecule has 0 saturated heterocycles. The summed E-state index contributed by atoms with van der Waals surface area (Å²) in [5.74, 6) is 0.962. The van der Waals surface area contributed by atoms with Crippen LogP contribution in [0.4, 0.5) is 0 Å². The largest absolute Gasteiger partial charge is 0.493 e. The molecule has 1 fully saturated rings. The molecule has 1 aliphatic heterocycles. The third kappa shape index (κ3) is 4.11. The fourth-order valence-corrected chi connectivity index (χ4v) is 3.78. The normalized spacial score (nSPS) is 17.4. The van der Waals surface area contributed by atoms with Crippen LogP contribution in [-0.4, -0.2) is 44.1 Å². The zero-order valence-corrected chi connectivity index (χ0v) is 15.6. The molecular formula is C20H27NO5. The molecule has 1 amide bonds. The molecule has 26 heavy (non-hydrogen) atoms. The standard InChI is InChI=1S/C20H27NO5/c1-24-17-10-15-8-9-21(12-16(15)11-18(17)25-2)19(22)13-26-20(23)14-6-4-3-5-7-14/h10-11,14H,3-9,12-13H2,1-2H3. The van der Waals surface area contributed by atoms with E-state index in [1.54, 1.807) is 19.1 Å². The number of nitrogens with zero attached hydrogens (tertiary/aromatic N) is 1. The minimum Gasteiger partial charge on any atom is -0.493 e. The Morgan fingerprint density at radius 2 is 1.69 bits per heavy atom. The molecule has 0 aromatic heterocycles. The molecule has 3 rings (SSSR count). The maximum atomic E-state index is 12.5. The highest BCUT2D eigenvalue weighted by Crippen LogP contribution is 2.33. The molecule has 1 saturated carbocycles. The minimum atomic E-state index is -0.220. The van der Waals surface area contributed by atoms with E-state index in [1.165, 1.54) is 6.42 Å². The van der Waals surface area contributed by atoms with Gasteiger partial charge in [0.1, 0.15) is 0 Å². The van der Waals surface area contributed by atoms with E-state index in [1.807, 2.05) is 12.1 Å². The van der Waals surface area contributed by atoms with Gasteiger partial charge in [0.2, 0.25) is 0 Å². The second-order valence-corrected chi connectivity index (χ2v) is 6.98. The quantitative estimate of drug-likeness (QED) is 0.755. The van der Waals surface area contributed by atoms with Crippen LogP contribution in [0.1, 0.15) is 43.2 Å². The summed E-state index contributed by atoms with van der Waals surface area (Å²) in [5, 5.41) is 0. The second-order valence-electron chi connectivity index (χ2n) is 6.98. The maximum Gasteiger partial charge on any atom is 0.309 e. The molecule has 2 aliphatic rings. The lowest BCUT2D eigenvalue weighted by Gasteiger charge is -2.29. The van der Waals surface area contributed by atoms with Gasteiger partial charge in [0.15, 0.2) is 18.1 Å². The van der Waals surface area contributed by atoms with Crippen molar-refractivity contribution in [3.05, 3.63) is 23.3 Å². The van der Waals surface area contributed by atoms with Gasteiger partial charge in [-0.15, -0.1) is 0 Å². The van der Waals surface area contributed by atoms with Crippen LogP contribution in [0.2, 0.25) is 0 Å². The Kier molecular flexibility index (Phi) is 6.01. The summed E-state index contributed by atoms with van der Waals surface area (Å²) in [6, 6.07) is 3.89. The number of amides is 1. The fraction of sp³-hybridized carbons (Fsp3) is 0.600. The van der Waals surface area contributed by atoms with Crippen molar-refractivity contribution in [3.63, 3.8) is 0 Å². The molecule has 0 bridgehead atoms. The van der Waals surface area contributed by atoms with E-state index in [9.17, 15) is 9.59 Å². The molecule has 6 heteroatoms. The summed E-state index contributed by atoms with van der Waals surface area (Å²) < 4.78 is 16.0. The highest BCUT2D eigenvalue weighted by molar-refractivity contribution is 5.81. The Labute approximate surface area is 154 Å². The SMILES string of the molecule is COc1cc2c(cc1OC)CN(C(=O)COC(=O)C1CCCCC1)CC2. The monoisotopic (exact) mass is 361 g/mol. The summed E-state index contributed by atoms with van der Waals surface area (Å²) in [6.07, 6.45) is 5.84. The number of esters is 1. The molecule has 1 aliphatic carbocycles. The van der Waals surface area contributed by atoms with Crippen molar-refractivity contribution in [1.29, 1.82) is 0 Å². The maximum absolute atomic E-state index is 12.5. The highest BCUT2D eigenvalue weighted by Gasteiger charge is 2.26. The molecular weight excluding hydrogens is 334 g/mol. The number of hydrogen-bond acceptors (Lipinski definition) is 5. The van der Waals surface area contributed by atoms with Gasteiger partial charge >= 0.3 is 5.97 Å². The van der Waals surface area contributed by atoms with Crippen LogP contribution in [0.5, 0.6) is 11.5 Å². The van der Waals surface area contributed by atoms with Gasteiger partial charge in [0, 0.05) is 13.1 Å². The second kappa shape index (κ2) is 8.43. The summed E-state index contributed by atoms with van der Waals surface area (Å²) in [7, 11) is 3.21. The number of carbonyl (C=O) groups excluding carboxylic acids is 2. The molecule has 142 valence electrons. The van der Waals surface area contributed by atoms with E-state index in [0.717, 1.165) is 43.2 Å². The van der Waals surface area contributed by atoms with E-state index < -0.39 is 0 Å². The lowest BCUT2D eigenvalue weighted by atomic mass is 9.89. The van der Waals surface area contributed by atoms with E-state index in [0.29, 0.717) is 24.6 Å². The lowest BCUT2D eigenvalue weighted by Crippen LogP contribution is -2.39. The Balaban J connectivity index is 1.57. The number of benzene rings is 1. The summed E-state index contributed by atoms with van der Waals surface area (Å²) in [4.78, 5) is 26.3. The lowest BCUT2D eigenvalue weighted by molar-refractivity contribution is -0.156. The average molecular weight is 361 g/mol. The molecule has 0 spiro atoms. The van der Waals surface area contributed by atoms with Gasteiger partial charge in [-0.25, -0.2) is 0 Å². The third-order valence-electron chi connectivity index (χ3n) is 5.35. The zero-order chi connectivity index (χ0) is 18.5. The molecule has 1 aromatic carbocycles. The first kappa shape index (κ1) is 18.5. The van der Waals surface area contributed by atoms with Gasteiger partial charge in [-0.1, -0.05) is 19.3 Å². The van der Waals surface area contributed by atoms with Gasteiger partial charge in [0.05, 0.1) is 20.1 Å². The van der Waals surface area contributed by atoms with Crippen LogP contribution in [0.15, 0.2) is 12.1 Å². The van der Waals surface area contributed by atoms with E-state index in [2.05, 4.69) is 0 Å². The predicted octanol–water partition coefficient (Wildman–Crippen LogP) is 2.71. The number of fused-ring (bicyclic) bond motifs is 1. The fourth-order valence-electron chi connectivity index (χ4n) is 3.78. The van der Waals surface area contributed by atoms with Crippen molar-refractivity contribution in [2.45, 2.75) is 45.1 Å². The molecule has 0 N–H and O–H groups in total. The van der Waals surface area contributed by atoms with E-state index >= 15 is 0 Å². The van der Waals surface area contributed by atoms with Gasteiger partial charge in [-0.05, 0) is 42.5 Å². The number of methoxy groups -OCH3 is 2. The van der Waals surface area contributed by atoms with Crippen molar-refractivity contribution in [1.82, 2.24) is 4.90 Å². The first-order valence-electron chi connectivity index (χ1n) is 9.30. The molecule has 0 atom stereocenters. The number of rotatable bonds is 5. The van der Waals surface area contributed by atoms with Crippen LogP contribution in [0.25, 0.3) is 0 Å². The zero-order valence-electron chi connectivity index (χ0n) is 15.6. The number of hydrogen-bond donors (Lipinski definition) is 0. The Hall–Kier alpha value is -2.24. The number of carbonyl (C=O) groups is 2. The Morgan fingerprint density at radius 3 is 2.35 bits per heavy atom. The molecule has 1 aromatic rings. The van der Waals surface area contributed by atoms with Crippen LogP contribution >= 0.6 is 0 Å². The van der Waals surface area contributed by atoms with Crippen LogP contribution in [0, 0.1) is 5.92 Å². The minimum absolute atomic E-state index is 0.0321. The van der Waals surface area contributed by atoms with E-state index in [-0.39, 0.29) is 24.4 Å². The smallest absolute Gasteiger partial charge is 0.309 e. The third-order valence-corrected chi connectivity index (χ3v) is 5.35. The van der Waals surface area contributed by atoms with Crippen molar-refractivity contribution < 1.29 is 23.8 Å². The Morgan fingerprint density at radius 1 is 1.04 bits per heavy atom. The van der Waals surface area contributed by atoms with Gasteiger partial charge in [-0.2, -0.15) is 0 Å². The van der Waals surface area contributed by atoms with Gasteiger partial charge in [-0.3, -0.25) is 9.59 Å². The highest BCUT2D eigenvalue weighted by atomic mass is 16.5. The summed E-state index contributed by atoms with van der Waals surface area (Å²) >= 11 is 0. The molecule has 1 heterocycles. The van der Waals surface area contributed by atoms with Crippen LogP contribution in [-0.2, 0) is 27.3 Å². The van der Waals surface area contributed by atoms with Crippen LogP contribution < -0.4 is 9.47 Å². The van der Waals surface area contributed by atoms with Crippen molar-refractivity contribution >= 4 is 11.9 Å². The Bertz CT molecular complexity index is 666.